The van der Waals surface area contributed by atoms with Crippen molar-refractivity contribution in [2.24, 2.45) is 0 Å². The number of nitro groups is 1. The largest absolute Gasteiger partial charge is 0.332 e. The van der Waals surface area contributed by atoms with Crippen molar-refractivity contribution >= 4 is 57.6 Å². The molecule has 0 unspecified atom stereocenters. The third-order valence-corrected chi connectivity index (χ3v) is 3.36. The topological polar surface area (TPSA) is 67.2 Å². The molecule has 5 nitrogen and oxygen atoms in total. The zero-order valence-corrected chi connectivity index (χ0v) is 13.7. The first-order chi connectivity index (χ1) is 10.3. The van der Waals surface area contributed by atoms with E-state index in [0.29, 0.717) is 21.4 Å². The fourth-order valence-corrected chi connectivity index (χ4v) is 2.56. The van der Waals surface area contributed by atoms with Crippen molar-refractivity contribution in [1.29, 1.82) is 0 Å². The zero-order chi connectivity index (χ0) is 16.3. The molecule has 0 atom stereocenters. The number of hydrogen-bond donors (Lipinski definition) is 2. The molecular formula is C14H11Cl2N3O2S. The molecule has 0 aliphatic carbocycles. The lowest BCUT2D eigenvalue weighted by Gasteiger charge is -2.11. The van der Waals surface area contributed by atoms with E-state index in [1.165, 1.54) is 6.07 Å². The summed E-state index contributed by atoms with van der Waals surface area (Å²) in [5, 5.41) is 17.9. The van der Waals surface area contributed by atoms with Gasteiger partial charge in [-0.05, 0) is 49.0 Å². The fraction of sp³-hybridized carbons (Fsp3) is 0.0714. The van der Waals surface area contributed by atoms with Crippen molar-refractivity contribution in [3.63, 3.8) is 0 Å². The van der Waals surface area contributed by atoms with Crippen LogP contribution in [-0.4, -0.2) is 10.0 Å². The van der Waals surface area contributed by atoms with E-state index in [1.807, 2.05) is 0 Å². The summed E-state index contributed by atoms with van der Waals surface area (Å²) in [5.74, 6) is 0. The van der Waals surface area contributed by atoms with Gasteiger partial charge in [0.1, 0.15) is 5.69 Å². The van der Waals surface area contributed by atoms with E-state index < -0.39 is 4.92 Å². The van der Waals surface area contributed by atoms with Gasteiger partial charge in [-0.2, -0.15) is 0 Å². The summed E-state index contributed by atoms with van der Waals surface area (Å²) >= 11 is 17.0. The monoisotopic (exact) mass is 355 g/mol. The van der Waals surface area contributed by atoms with Gasteiger partial charge >= 0.3 is 0 Å². The molecule has 2 aromatic rings. The molecule has 0 bridgehead atoms. The number of rotatable bonds is 3. The molecule has 0 saturated heterocycles. The highest BCUT2D eigenvalue weighted by Crippen LogP contribution is 2.26. The smallest absolute Gasteiger partial charge is 0.292 e. The van der Waals surface area contributed by atoms with Crippen molar-refractivity contribution in [1.82, 2.24) is 0 Å². The molecule has 0 spiro atoms. The van der Waals surface area contributed by atoms with Gasteiger partial charge < -0.3 is 10.6 Å². The van der Waals surface area contributed by atoms with Gasteiger partial charge in [-0.1, -0.05) is 29.3 Å². The maximum absolute atomic E-state index is 11.1. The number of nitro benzene ring substituents is 1. The van der Waals surface area contributed by atoms with Crippen molar-refractivity contribution in [2.45, 2.75) is 6.92 Å². The number of thiocarbonyl (C=S) groups is 1. The number of nitrogens with zero attached hydrogens (tertiary/aromatic N) is 1. The van der Waals surface area contributed by atoms with Crippen molar-refractivity contribution in [2.75, 3.05) is 10.6 Å². The Kier molecular flexibility index (Phi) is 5.18. The Hall–Kier alpha value is -1.89. The van der Waals surface area contributed by atoms with Gasteiger partial charge in [0.2, 0.25) is 0 Å². The molecule has 2 rings (SSSR count). The summed E-state index contributed by atoms with van der Waals surface area (Å²) in [6.45, 7) is 1.78. The summed E-state index contributed by atoms with van der Waals surface area (Å²) in [6.07, 6.45) is 0. The highest BCUT2D eigenvalue weighted by molar-refractivity contribution is 7.80. The lowest BCUT2D eigenvalue weighted by atomic mass is 10.2. The van der Waals surface area contributed by atoms with E-state index >= 15 is 0 Å². The van der Waals surface area contributed by atoms with Crippen LogP contribution in [0.2, 0.25) is 10.0 Å². The number of anilines is 2. The first kappa shape index (κ1) is 16.5. The highest BCUT2D eigenvalue weighted by Gasteiger charge is 2.14. The molecule has 114 valence electrons. The lowest BCUT2D eigenvalue weighted by Crippen LogP contribution is -2.19. The third kappa shape index (κ3) is 4.30. The molecule has 0 aliphatic rings. The molecule has 0 aromatic heterocycles. The van der Waals surface area contributed by atoms with E-state index in [9.17, 15) is 10.1 Å². The maximum Gasteiger partial charge on any atom is 0.292 e. The second-order valence-corrected chi connectivity index (χ2v) is 5.80. The second-order valence-electron chi connectivity index (χ2n) is 4.51. The van der Waals surface area contributed by atoms with E-state index in [-0.39, 0.29) is 10.8 Å². The number of halogens is 2. The number of aryl methyl sites for hydroxylation is 1. The van der Waals surface area contributed by atoms with Crippen molar-refractivity contribution in [3.05, 3.63) is 62.1 Å². The number of hydrogen-bond acceptors (Lipinski definition) is 3. The Morgan fingerprint density at radius 2 is 1.77 bits per heavy atom. The van der Waals surface area contributed by atoms with Crippen LogP contribution < -0.4 is 10.6 Å². The molecule has 0 heterocycles. The summed E-state index contributed by atoms with van der Waals surface area (Å²) in [6, 6.07) is 9.72. The van der Waals surface area contributed by atoms with Gasteiger partial charge in [0, 0.05) is 21.8 Å². The Bertz CT molecular complexity index is 733. The quantitative estimate of drug-likeness (QED) is 0.459. The molecular weight excluding hydrogens is 345 g/mol. The van der Waals surface area contributed by atoms with Gasteiger partial charge in [-0.3, -0.25) is 10.1 Å². The van der Waals surface area contributed by atoms with Gasteiger partial charge in [0.05, 0.1) is 4.92 Å². The van der Waals surface area contributed by atoms with Gasteiger partial charge in [-0.25, -0.2) is 0 Å². The first-order valence-corrected chi connectivity index (χ1v) is 7.31. The molecule has 0 fully saturated rings. The van der Waals surface area contributed by atoms with E-state index in [1.54, 1.807) is 37.3 Å². The minimum atomic E-state index is -0.464. The number of benzene rings is 2. The second kappa shape index (κ2) is 6.91. The van der Waals surface area contributed by atoms with Crippen LogP contribution >= 0.6 is 35.4 Å². The zero-order valence-electron chi connectivity index (χ0n) is 11.4. The predicted molar refractivity (Wildman–Crippen MR) is 94.1 cm³/mol. The SMILES string of the molecule is Cc1ccc(NC(=S)Nc2cc(Cl)cc(Cl)c2)c([N+](=O)[O-])c1. The van der Waals surface area contributed by atoms with E-state index in [4.69, 9.17) is 35.4 Å². The van der Waals surface area contributed by atoms with Gasteiger partial charge in [-0.15, -0.1) is 0 Å². The van der Waals surface area contributed by atoms with E-state index in [0.717, 1.165) is 5.56 Å². The molecule has 2 N–H and O–H groups in total. The Balaban J connectivity index is 2.17. The Morgan fingerprint density at radius 1 is 1.14 bits per heavy atom. The first-order valence-electron chi connectivity index (χ1n) is 6.14. The summed E-state index contributed by atoms with van der Waals surface area (Å²) < 4.78 is 0. The summed E-state index contributed by atoms with van der Waals surface area (Å²) in [7, 11) is 0. The normalized spacial score (nSPS) is 10.1. The van der Waals surface area contributed by atoms with Crippen LogP contribution in [0.5, 0.6) is 0 Å². The van der Waals surface area contributed by atoms with Gasteiger partial charge in [0.15, 0.2) is 5.11 Å². The molecule has 2 aromatic carbocycles. The summed E-state index contributed by atoms with van der Waals surface area (Å²) in [5.41, 5.74) is 1.64. The Morgan fingerprint density at radius 3 is 2.36 bits per heavy atom. The highest BCUT2D eigenvalue weighted by atomic mass is 35.5. The molecule has 0 amide bonds. The van der Waals surface area contributed by atoms with Crippen LogP contribution in [0, 0.1) is 17.0 Å². The Labute approximate surface area is 142 Å². The molecule has 0 saturated carbocycles. The number of nitrogens with one attached hydrogen (secondary N) is 2. The van der Waals surface area contributed by atoms with Crippen LogP contribution in [0.25, 0.3) is 0 Å². The van der Waals surface area contributed by atoms with E-state index in [2.05, 4.69) is 10.6 Å². The summed E-state index contributed by atoms with van der Waals surface area (Å²) in [4.78, 5) is 10.6. The maximum atomic E-state index is 11.1. The van der Waals surface area contributed by atoms with Crippen LogP contribution in [-0.2, 0) is 0 Å². The van der Waals surface area contributed by atoms with Crippen molar-refractivity contribution in [3.8, 4) is 0 Å². The molecule has 8 heteroatoms. The standard InChI is InChI=1S/C14H11Cl2N3O2S/c1-8-2-3-12(13(4-8)19(20)21)18-14(22)17-11-6-9(15)5-10(16)7-11/h2-7H,1H3,(H2,17,18,22). The average molecular weight is 356 g/mol. The minimum Gasteiger partial charge on any atom is -0.332 e. The van der Waals surface area contributed by atoms with Crippen LogP contribution in [0.15, 0.2) is 36.4 Å². The fourth-order valence-electron chi connectivity index (χ4n) is 1.81. The van der Waals surface area contributed by atoms with Crippen molar-refractivity contribution < 1.29 is 4.92 Å². The van der Waals surface area contributed by atoms with Crippen LogP contribution in [0.1, 0.15) is 5.56 Å². The van der Waals surface area contributed by atoms with Gasteiger partial charge in [0.25, 0.3) is 5.69 Å². The average Bonchev–Trinajstić information content (AvgIpc) is 2.39. The van der Waals surface area contributed by atoms with Crippen LogP contribution in [0.3, 0.4) is 0 Å². The predicted octanol–water partition coefficient (Wildman–Crippen LogP) is 5.02. The molecule has 0 aliphatic heterocycles. The molecule has 22 heavy (non-hydrogen) atoms. The minimum absolute atomic E-state index is 0.0479. The third-order valence-electron chi connectivity index (χ3n) is 2.72. The van der Waals surface area contributed by atoms with Crippen LogP contribution in [0.4, 0.5) is 17.1 Å². The molecule has 0 radical (unpaired) electrons. The lowest BCUT2D eigenvalue weighted by molar-refractivity contribution is -0.383.